The summed E-state index contributed by atoms with van der Waals surface area (Å²) in [5.41, 5.74) is 3.74. The van der Waals surface area contributed by atoms with Gasteiger partial charge in [-0.25, -0.2) is 8.42 Å². The van der Waals surface area contributed by atoms with Crippen LogP contribution in [-0.2, 0) is 22.7 Å². The highest BCUT2D eigenvalue weighted by molar-refractivity contribution is 7.94. The molecule has 170 valence electrons. The molecule has 0 radical (unpaired) electrons. The molecule has 6 heteroatoms. The lowest BCUT2D eigenvalue weighted by Gasteiger charge is -2.22. The van der Waals surface area contributed by atoms with E-state index in [1.54, 1.807) is 36.4 Å². The van der Waals surface area contributed by atoms with Crippen molar-refractivity contribution in [2.45, 2.75) is 36.6 Å². The number of para-hydroxylation sites is 1. The Bertz CT molecular complexity index is 1220. The van der Waals surface area contributed by atoms with Crippen molar-refractivity contribution in [1.29, 1.82) is 0 Å². The molecule has 0 saturated heterocycles. The molecule has 0 aromatic heterocycles. The molecule has 1 amide bonds. The third kappa shape index (κ3) is 5.90. The SMILES string of the molecule is O=C(N[C@H](/C=C/S(=O)(=O)c1ccccc1)CCc1ccccc1)c1cccc2c1NCCC2. The van der Waals surface area contributed by atoms with Crippen LogP contribution < -0.4 is 10.6 Å². The number of nitrogens with one attached hydrogen (secondary N) is 2. The Kier molecular flexibility index (Phi) is 7.25. The third-order valence-corrected chi connectivity index (χ3v) is 7.23. The minimum absolute atomic E-state index is 0.207. The molecule has 3 aromatic carbocycles. The normalized spacial score (nSPS) is 14.3. The van der Waals surface area contributed by atoms with Crippen molar-refractivity contribution in [1.82, 2.24) is 5.32 Å². The monoisotopic (exact) mass is 460 g/mol. The van der Waals surface area contributed by atoms with Crippen LogP contribution in [0, 0.1) is 0 Å². The summed E-state index contributed by atoms with van der Waals surface area (Å²) in [6, 6.07) is 23.6. The summed E-state index contributed by atoms with van der Waals surface area (Å²) in [5, 5.41) is 7.60. The van der Waals surface area contributed by atoms with E-state index in [9.17, 15) is 13.2 Å². The van der Waals surface area contributed by atoms with Gasteiger partial charge >= 0.3 is 0 Å². The van der Waals surface area contributed by atoms with Gasteiger partial charge in [0.2, 0.25) is 0 Å². The number of hydrogen-bond donors (Lipinski definition) is 2. The largest absolute Gasteiger partial charge is 0.384 e. The molecule has 3 aromatic rings. The van der Waals surface area contributed by atoms with Crippen molar-refractivity contribution in [2.24, 2.45) is 0 Å². The summed E-state index contributed by atoms with van der Waals surface area (Å²) in [7, 11) is -3.60. The fraction of sp³-hybridized carbons (Fsp3) is 0.222. The molecule has 0 saturated carbocycles. The van der Waals surface area contributed by atoms with Gasteiger partial charge in [-0.3, -0.25) is 4.79 Å². The minimum atomic E-state index is -3.60. The third-order valence-electron chi connectivity index (χ3n) is 5.79. The Morgan fingerprint density at radius 1 is 0.970 bits per heavy atom. The quantitative estimate of drug-likeness (QED) is 0.508. The van der Waals surface area contributed by atoms with E-state index in [-0.39, 0.29) is 10.8 Å². The predicted molar refractivity (Wildman–Crippen MR) is 132 cm³/mol. The lowest BCUT2D eigenvalue weighted by molar-refractivity contribution is 0.0943. The minimum Gasteiger partial charge on any atom is -0.384 e. The summed E-state index contributed by atoms with van der Waals surface area (Å²) in [6.07, 6.45) is 4.87. The van der Waals surface area contributed by atoms with Crippen molar-refractivity contribution in [3.05, 3.63) is 107 Å². The van der Waals surface area contributed by atoms with Crippen molar-refractivity contribution >= 4 is 21.4 Å². The van der Waals surface area contributed by atoms with Crippen LogP contribution >= 0.6 is 0 Å². The molecule has 1 atom stereocenters. The number of aryl methyl sites for hydroxylation is 2. The Morgan fingerprint density at radius 3 is 2.45 bits per heavy atom. The number of amides is 1. The van der Waals surface area contributed by atoms with E-state index in [1.165, 1.54) is 5.41 Å². The van der Waals surface area contributed by atoms with Crippen molar-refractivity contribution in [2.75, 3.05) is 11.9 Å². The van der Waals surface area contributed by atoms with Crippen molar-refractivity contribution in [3.8, 4) is 0 Å². The zero-order chi connectivity index (χ0) is 23.1. The number of carbonyl (C=O) groups is 1. The van der Waals surface area contributed by atoms with Crippen LogP contribution in [0.2, 0.25) is 0 Å². The Balaban J connectivity index is 1.55. The molecule has 0 fully saturated rings. The summed E-state index contributed by atoms with van der Waals surface area (Å²) >= 11 is 0. The zero-order valence-corrected chi connectivity index (χ0v) is 19.2. The van der Waals surface area contributed by atoms with Gasteiger partial charge in [0.1, 0.15) is 0 Å². The molecule has 0 aliphatic carbocycles. The summed E-state index contributed by atoms with van der Waals surface area (Å²) in [6.45, 7) is 0.837. The van der Waals surface area contributed by atoms with E-state index < -0.39 is 15.9 Å². The Labute approximate surface area is 195 Å². The van der Waals surface area contributed by atoms with E-state index in [0.717, 1.165) is 36.2 Å². The lowest BCUT2D eigenvalue weighted by atomic mass is 9.98. The van der Waals surface area contributed by atoms with Gasteiger partial charge in [0.15, 0.2) is 9.84 Å². The number of carbonyl (C=O) groups excluding carboxylic acids is 1. The molecule has 1 aliphatic heterocycles. The highest BCUT2D eigenvalue weighted by atomic mass is 32.2. The summed E-state index contributed by atoms with van der Waals surface area (Å²) < 4.78 is 25.5. The van der Waals surface area contributed by atoms with Gasteiger partial charge < -0.3 is 10.6 Å². The van der Waals surface area contributed by atoms with Gasteiger partial charge in [-0.2, -0.15) is 0 Å². The van der Waals surface area contributed by atoms with Gasteiger partial charge in [-0.15, -0.1) is 0 Å². The Morgan fingerprint density at radius 2 is 1.70 bits per heavy atom. The zero-order valence-electron chi connectivity index (χ0n) is 18.4. The van der Waals surface area contributed by atoms with Gasteiger partial charge in [-0.05, 0) is 55.0 Å². The topological polar surface area (TPSA) is 75.3 Å². The van der Waals surface area contributed by atoms with Gasteiger partial charge in [0.25, 0.3) is 5.91 Å². The van der Waals surface area contributed by atoms with Crippen molar-refractivity contribution < 1.29 is 13.2 Å². The molecule has 1 heterocycles. The van der Waals surface area contributed by atoms with E-state index in [0.29, 0.717) is 18.4 Å². The highest BCUT2D eigenvalue weighted by Crippen LogP contribution is 2.26. The molecule has 1 aliphatic rings. The smallest absolute Gasteiger partial charge is 0.253 e. The average Bonchev–Trinajstić information content (AvgIpc) is 2.86. The van der Waals surface area contributed by atoms with Gasteiger partial charge in [0.05, 0.1) is 16.1 Å². The van der Waals surface area contributed by atoms with Crippen LogP contribution in [-0.4, -0.2) is 26.9 Å². The molecule has 0 unspecified atom stereocenters. The van der Waals surface area contributed by atoms with E-state index >= 15 is 0 Å². The van der Waals surface area contributed by atoms with Crippen LogP contribution in [0.5, 0.6) is 0 Å². The second-order valence-electron chi connectivity index (χ2n) is 8.16. The fourth-order valence-electron chi connectivity index (χ4n) is 4.02. The van der Waals surface area contributed by atoms with Crippen LogP contribution in [0.25, 0.3) is 0 Å². The first kappa shape index (κ1) is 22.8. The molecule has 0 spiro atoms. The number of benzene rings is 3. The maximum Gasteiger partial charge on any atom is 0.253 e. The molecular weight excluding hydrogens is 432 g/mol. The first-order valence-electron chi connectivity index (χ1n) is 11.2. The van der Waals surface area contributed by atoms with E-state index in [4.69, 9.17) is 0 Å². The number of sulfone groups is 1. The maximum atomic E-state index is 13.2. The standard InChI is InChI=1S/C27H28N2O3S/c30-27(25-15-7-11-22-12-8-19-28-26(22)25)29-23(17-16-21-9-3-1-4-10-21)18-20-33(31,32)24-13-5-2-6-14-24/h1-7,9-11,13-15,18,20,23,28H,8,12,16-17,19H2,(H,29,30)/b20-18+/t23-/m0/s1. The van der Waals surface area contributed by atoms with E-state index in [1.807, 2.05) is 48.5 Å². The van der Waals surface area contributed by atoms with E-state index in [2.05, 4.69) is 10.6 Å². The second-order valence-corrected chi connectivity index (χ2v) is 9.99. The first-order chi connectivity index (χ1) is 16.0. The lowest BCUT2D eigenvalue weighted by Crippen LogP contribution is -2.35. The fourth-order valence-corrected chi connectivity index (χ4v) is 5.11. The number of hydrogen-bond acceptors (Lipinski definition) is 4. The Hall–Kier alpha value is -3.38. The van der Waals surface area contributed by atoms with Crippen LogP contribution in [0.3, 0.4) is 0 Å². The van der Waals surface area contributed by atoms with Crippen molar-refractivity contribution in [3.63, 3.8) is 0 Å². The number of fused-ring (bicyclic) bond motifs is 1. The number of rotatable bonds is 8. The summed E-state index contributed by atoms with van der Waals surface area (Å²) in [5.74, 6) is -0.207. The molecule has 4 rings (SSSR count). The maximum absolute atomic E-state index is 13.2. The van der Waals surface area contributed by atoms with Gasteiger partial charge in [-0.1, -0.05) is 66.7 Å². The highest BCUT2D eigenvalue weighted by Gasteiger charge is 2.20. The first-order valence-corrected chi connectivity index (χ1v) is 12.8. The number of anilines is 1. The summed E-state index contributed by atoms with van der Waals surface area (Å²) in [4.78, 5) is 13.4. The molecule has 0 bridgehead atoms. The molecular formula is C27H28N2O3S. The van der Waals surface area contributed by atoms with Crippen LogP contribution in [0.15, 0.2) is 95.2 Å². The second kappa shape index (κ2) is 10.5. The van der Waals surface area contributed by atoms with Crippen LogP contribution in [0.1, 0.15) is 34.3 Å². The average molecular weight is 461 g/mol. The molecule has 2 N–H and O–H groups in total. The predicted octanol–water partition coefficient (Wildman–Crippen LogP) is 4.76. The van der Waals surface area contributed by atoms with Gasteiger partial charge in [0, 0.05) is 18.0 Å². The van der Waals surface area contributed by atoms with Crippen LogP contribution in [0.4, 0.5) is 5.69 Å². The molecule has 33 heavy (non-hydrogen) atoms. The molecule has 5 nitrogen and oxygen atoms in total.